The molecule has 6 aromatic rings. The Morgan fingerprint density at radius 3 is 2.48 bits per heavy atom. The van der Waals surface area contributed by atoms with Gasteiger partial charge in [-0.3, -0.25) is 14.3 Å². The molecule has 0 unspecified atom stereocenters. The summed E-state index contributed by atoms with van der Waals surface area (Å²) in [4.78, 5) is 30.6. The molecular formula is C39H41ClN8O4. The molecule has 0 atom stereocenters. The molecule has 0 aliphatic rings. The maximum atomic E-state index is 14.5. The van der Waals surface area contributed by atoms with Gasteiger partial charge < -0.3 is 20.3 Å². The van der Waals surface area contributed by atoms with Crippen molar-refractivity contribution in [2.24, 2.45) is 0 Å². The van der Waals surface area contributed by atoms with E-state index in [1.54, 1.807) is 47.7 Å². The summed E-state index contributed by atoms with van der Waals surface area (Å²) in [6.07, 6.45) is 3.97. The number of halogens is 1. The molecule has 13 heteroatoms. The van der Waals surface area contributed by atoms with Crippen LogP contribution >= 0.6 is 11.6 Å². The first kappa shape index (κ1) is 36.5. The van der Waals surface area contributed by atoms with Crippen LogP contribution in [0.15, 0.2) is 77.9 Å². The van der Waals surface area contributed by atoms with Gasteiger partial charge in [-0.2, -0.15) is 5.10 Å². The Morgan fingerprint density at radius 2 is 1.71 bits per heavy atom. The molecule has 3 heterocycles. The highest BCUT2D eigenvalue weighted by Crippen LogP contribution is 2.32. The molecule has 268 valence electrons. The van der Waals surface area contributed by atoms with E-state index in [0.29, 0.717) is 69.2 Å². The molecule has 6 rings (SSSR count). The zero-order valence-corrected chi connectivity index (χ0v) is 30.0. The smallest absolute Gasteiger partial charge is 0.263 e. The van der Waals surface area contributed by atoms with Crippen LogP contribution in [0.1, 0.15) is 36.2 Å². The third-order valence-electron chi connectivity index (χ3n) is 8.79. The number of nitrogens with zero attached hydrogens (tertiary/aromatic N) is 7. The van der Waals surface area contributed by atoms with E-state index < -0.39 is 0 Å². The summed E-state index contributed by atoms with van der Waals surface area (Å²) in [6.45, 7) is 4.26. The van der Waals surface area contributed by atoms with E-state index in [1.807, 2.05) is 42.5 Å². The van der Waals surface area contributed by atoms with Gasteiger partial charge in [0.25, 0.3) is 5.56 Å². The molecule has 3 aromatic carbocycles. The minimum Gasteiger partial charge on any atom is -0.508 e. The number of ether oxygens (including phenoxy) is 2. The minimum atomic E-state index is -0.240. The number of nitrogen functional groups attached to an aromatic ring is 1. The zero-order valence-electron chi connectivity index (χ0n) is 29.3. The van der Waals surface area contributed by atoms with Gasteiger partial charge in [0.1, 0.15) is 36.0 Å². The number of aromatic nitrogens is 6. The summed E-state index contributed by atoms with van der Waals surface area (Å²) in [5.74, 6) is 7.32. The second kappa shape index (κ2) is 17.3. The van der Waals surface area contributed by atoms with Crippen molar-refractivity contribution in [2.75, 3.05) is 52.8 Å². The molecular weight excluding hydrogens is 680 g/mol. The lowest BCUT2D eigenvalue weighted by Gasteiger charge is -2.21. The van der Waals surface area contributed by atoms with Gasteiger partial charge in [-0.05, 0) is 55.3 Å². The molecule has 3 aromatic heterocycles. The zero-order chi connectivity index (χ0) is 36.5. The summed E-state index contributed by atoms with van der Waals surface area (Å²) in [7, 11) is 3.42. The predicted octanol–water partition coefficient (Wildman–Crippen LogP) is 5.36. The van der Waals surface area contributed by atoms with Gasteiger partial charge >= 0.3 is 0 Å². The van der Waals surface area contributed by atoms with E-state index in [0.717, 1.165) is 38.0 Å². The van der Waals surface area contributed by atoms with Crippen LogP contribution in [0.4, 0.5) is 5.82 Å². The van der Waals surface area contributed by atoms with Gasteiger partial charge in [0.15, 0.2) is 5.65 Å². The average molecular weight is 721 g/mol. The van der Waals surface area contributed by atoms with E-state index in [9.17, 15) is 9.90 Å². The number of phenolic OH excluding ortho intramolecular Hbond substituents is 1. The van der Waals surface area contributed by atoms with Crippen molar-refractivity contribution in [3.63, 3.8) is 0 Å². The van der Waals surface area contributed by atoms with E-state index in [4.69, 9.17) is 36.9 Å². The summed E-state index contributed by atoms with van der Waals surface area (Å²) in [5.41, 5.74) is 9.61. The number of rotatable bonds is 15. The molecule has 0 amide bonds. The molecule has 0 aliphatic carbocycles. The summed E-state index contributed by atoms with van der Waals surface area (Å²) < 4.78 is 13.8. The van der Waals surface area contributed by atoms with Crippen LogP contribution in [0.2, 0.25) is 5.02 Å². The molecule has 12 nitrogen and oxygen atoms in total. The normalized spacial score (nSPS) is 11.4. The first-order valence-corrected chi connectivity index (χ1v) is 17.5. The van der Waals surface area contributed by atoms with Crippen molar-refractivity contribution >= 4 is 39.4 Å². The quantitative estimate of drug-likeness (QED) is 0.105. The van der Waals surface area contributed by atoms with Crippen molar-refractivity contribution in [1.29, 1.82) is 0 Å². The minimum absolute atomic E-state index is 0.0850. The molecule has 52 heavy (non-hydrogen) atoms. The SMILES string of the molecule is COCCN(CCCCC#Cc1cccc2nc(Cn3nc(-c4cccc(O)c4)c4c(N)ncnc43)n(Cc3ccccc3Cl)c(=O)c12)CCOC. The molecule has 0 fully saturated rings. The largest absolute Gasteiger partial charge is 0.508 e. The predicted molar refractivity (Wildman–Crippen MR) is 203 cm³/mol. The summed E-state index contributed by atoms with van der Waals surface area (Å²) >= 11 is 6.61. The molecule has 0 saturated carbocycles. The van der Waals surface area contributed by atoms with Crippen LogP contribution in [-0.4, -0.2) is 86.4 Å². The maximum Gasteiger partial charge on any atom is 0.263 e. The lowest BCUT2D eigenvalue weighted by molar-refractivity contribution is 0.113. The van der Waals surface area contributed by atoms with Crippen LogP contribution in [-0.2, 0) is 22.6 Å². The second-order valence-corrected chi connectivity index (χ2v) is 12.7. The molecule has 0 spiro atoms. The third-order valence-corrected chi connectivity index (χ3v) is 9.16. The van der Waals surface area contributed by atoms with Gasteiger partial charge in [0.2, 0.25) is 0 Å². The fraction of sp³-hybridized carbons (Fsp3) is 0.308. The number of anilines is 1. The van der Waals surface area contributed by atoms with Crippen LogP contribution in [0, 0.1) is 11.8 Å². The van der Waals surface area contributed by atoms with Crippen LogP contribution in [0.5, 0.6) is 5.75 Å². The van der Waals surface area contributed by atoms with Crippen LogP contribution in [0.3, 0.4) is 0 Å². The highest BCUT2D eigenvalue weighted by Gasteiger charge is 2.21. The number of benzene rings is 3. The van der Waals surface area contributed by atoms with E-state index in [1.165, 1.54) is 6.33 Å². The molecule has 0 aliphatic heterocycles. The molecule has 0 radical (unpaired) electrons. The van der Waals surface area contributed by atoms with Gasteiger partial charge in [0.05, 0.1) is 36.0 Å². The van der Waals surface area contributed by atoms with E-state index in [2.05, 4.69) is 26.7 Å². The average Bonchev–Trinajstić information content (AvgIpc) is 3.52. The number of unbranched alkanes of at least 4 members (excludes halogenated alkanes) is 2. The standard InChI is InChI=1S/C39H41ClN8O4/c1-51-21-19-46(20-22-52-2)18-8-4-3-5-11-27-13-10-17-32-34(27)39(50)47(24-29-12-6-7-16-31(29)40)33(44-32)25-48-38-35(37(41)42-26-43-38)36(45-48)28-14-9-15-30(49)23-28/h6-7,9-10,12-17,23,26,49H,3-4,8,18-22,24-25H2,1-2H3,(H2,41,42,43). The molecule has 0 saturated heterocycles. The van der Waals surface area contributed by atoms with Gasteiger partial charge in [-0.1, -0.05) is 59.8 Å². The van der Waals surface area contributed by atoms with Crippen molar-refractivity contribution in [3.05, 3.63) is 105 Å². The van der Waals surface area contributed by atoms with Crippen LogP contribution < -0.4 is 11.3 Å². The Balaban J connectivity index is 1.35. The first-order valence-electron chi connectivity index (χ1n) is 17.1. The second-order valence-electron chi connectivity index (χ2n) is 12.3. The maximum absolute atomic E-state index is 14.5. The molecule has 3 N–H and O–H groups in total. The van der Waals surface area contributed by atoms with E-state index in [-0.39, 0.29) is 30.2 Å². The third kappa shape index (κ3) is 8.41. The Morgan fingerprint density at radius 1 is 0.923 bits per heavy atom. The fourth-order valence-corrected chi connectivity index (χ4v) is 6.30. The van der Waals surface area contributed by atoms with Crippen LogP contribution in [0.25, 0.3) is 33.2 Å². The first-order chi connectivity index (χ1) is 25.4. The lowest BCUT2D eigenvalue weighted by Crippen LogP contribution is -2.31. The number of hydrogen-bond acceptors (Lipinski definition) is 10. The van der Waals surface area contributed by atoms with E-state index >= 15 is 0 Å². The van der Waals surface area contributed by atoms with Gasteiger partial charge in [-0.15, -0.1) is 0 Å². The highest BCUT2D eigenvalue weighted by atomic mass is 35.5. The number of aromatic hydroxyl groups is 1. The molecule has 0 bridgehead atoms. The number of fused-ring (bicyclic) bond motifs is 2. The number of hydrogen-bond donors (Lipinski definition) is 2. The number of nitrogens with two attached hydrogens (primary N) is 1. The Hall–Kier alpha value is -5.32. The van der Waals surface area contributed by atoms with Crippen molar-refractivity contribution in [3.8, 4) is 28.8 Å². The summed E-state index contributed by atoms with van der Waals surface area (Å²) in [5, 5.41) is 16.6. The van der Waals surface area contributed by atoms with Crippen molar-refractivity contribution < 1.29 is 14.6 Å². The van der Waals surface area contributed by atoms with Gasteiger partial charge in [-0.25, -0.2) is 19.6 Å². The van der Waals surface area contributed by atoms with Crippen molar-refractivity contribution in [1.82, 2.24) is 34.2 Å². The fourth-order valence-electron chi connectivity index (χ4n) is 6.11. The topological polar surface area (TPSA) is 146 Å². The Kier molecular flexibility index (Phi) is 12.1. The monoisotopic (exact) mass is 720 g/mol. The van der Waals surface area contributed by atoms with Crippen molar-refractivity contribution in [2.45, 2.75) is 32.4 Å². The summed E-state index contributed by atoms with van der Waals surface area (Å²) in [6, 6.07) is 19.7. The number of phenols is 1. The number of methoxy groups -OCH3 is 2. The Bertz CT molecular complexity index is 2290. The lowest BCUT2D eigenvalue weighted by atomic mass is 10.1. The Labute approximate surface area is 306 Å². The highest BCUT2D eigenvalue weighted by molar-refractivity contribution is 6.31. The van der Waals surface area contributed by atoms with Gasteiger partial charge in [0, 0.05) is 49.9 Å².